The first-order chi connectivity index (χ1) is 16.9. The predicted octanol–water partition coefficient (Wildman–Crippen LogP) is 1.04. The summed E-state index contributed by atoms with van der Waals surface area (Å²) >= 11 is 0. The third kappa shape index (κ3) is 9.03. The number of benzene rings is 1. The van der Waals surface area contributed by atoms with Crippen molar-refractivity contribution in [1.29, 1.82) is 0 Å². The first kappa shape index (κ1) is 29.5. The molecule has 1 aromatic carbocycles. The van der Waals surface area contributed by atoms with Gasteiger partial charge < -0.3 is 29.2 Å². The summed E-state index contributed by atoms with van der Waals surface area (Å²) in [7, 11) is -1.97. The van der Waals surface area contributed by atoms with Crippen LogP contribution in [-0.4, -0.2) is 82.0 Å². The lowest BCUT2D eigenvalue weighted by Gasteiger charge is -2.21. The van der Waals surface area contributed by atoms with E-state index in [1.807, 2.05) is 0 Å². The molecule has 0 aliphatic carbocycles. The van der Waals surface area contributed by atoms with Crippen molar-refractivity contribution in [1.82, 2.24) is 4.72 Å². The van der Waals surface area contributed by atoms with Crippen molar-refractivity contribution in [3.8, 4) is 11.5 Å². The number of fused-ring (bicyclic) bond motifs is 1. The molecule has 1 aromatic rings. The van der Waals surface area contributed by atoms with Gasteiger partial charge in [0.05, 0.1) is 12.4 Å². The van der Waals surface area contributed by atoms with Gasteiger partial charge in [-0.2, -0.15) is 0 Å². The van der Waals surface area contributed by atoms with E-state index < -0.39 is 40.1 Å². The van der Waals surface area contributed by atoms with Gasteiger partial charge in [0, 0.05) is 25.6 Å². The van der Waals surface area contributed by atoms with Crippen LogP contribution >= 0.6 is 0 Å². The number of aliphatic hydroxyl groups excluding tert-OH is 2. The Labute approximate surface area is 210 Å². The fourth-order valence-electron chi connectivity index (χ4n) is 3.17. The molecule has 11 nitrogen and oxygen atoms in total. The lowest BCUT2D eigenvalue weighted by molar-refractivity contribution is -0.127. The second-order valence-corrected chi connectivity index (χ2v) is 10.2. The van der Waals surface area contributed by atoms with E-state index in [4.69, 9.17) is 18.9 Å². The summed E-state index contributed by atoms with van der Waals surface area (Å²) in [6.07, 6.45) is 2.99. The summed E-state index contributed by atoms with van der Waals surface area (Å²) in [4.78, 5) is 25.4. The maximum atomic E-state index is 13.2. The van der Waals surface area contributed by atoms with Gasteiger partial charge in [-0.15, -0.1) is 0 Å². The van der Waals surface area contributed by atoms with E-state index in [0.717, 1.165) is 6.26 Å². The number of nitrogens with one attached hydrogen (secondary N) is 1. The number of esters is 1. The molecule has 0 aromatic heterocycles. The Balaban J connectivity index is 2.49. The topological polar surface area (TPSA) is 158 Å². The number of aliphatic hydroxyl groups is 2. The highest BCUT2D eigenvalue weighted by Crippen LogP contribution is 2.32. The molecule has 1 aliphatic rings. The number of methoxy groups -OCH3 is 1. The fourth-order valence-corrected chi connectivity index (χ4v) is 3.62. The normalized spacial score (nSPS) is 24.4. The quantitative estimate of drug-likeness (QED) is 0.253. The van der Waals surface area contributed by atoms with Gasteiger partial charge in [0.15, 0.2) is 12.6 Å². The molecule has 0 spiro atoms. The summed E-state index contributed by atoms with van der Waals surface area (Å²) in [6.45, 7) is 3.23. The number of hydrogen-bond donors (Lipinski definition) is 3. The molecule has 0 saturated heterocycles. The van der Waals surface area contributed by atoms with Gasteiger partial charge in [-0.25, -0.2) is 17.9 Å². The van der Waals surface area contributed by atoms with Crippen molar-refractivity contribution in [2.24, 2.45) is 5.92 Å². The largest absolute Gasteiger partial charge is 0.492 e. The minimum Gasteiger partial charge on any atom is -0.492 e. The SMILES string of the molecule is COCOc1cc(OCCNS(C)(=O)=O)cc2c1C(=O)O[C@@H](C)[C@H](C)/C=C\C(=O)C(O)C(O)CC=C2. The van der Waals surface area contributed by atoms with Gasteiger partial charge in [0.1, 0.15) is 35.9 Å². The van der Waals surface area contributed by atoms with Crippen molar-refractivity contribution in [2.45, 2.75) is 38.6 Å². The molecule has 12 heteroatoms. The van der Waals surface area contributed by atoms with E-state index in [-0.39, 0.29) is 49.3 Å². The van der Waals surface area contributed by atoms with Crippen molar-refractivity contribution >= 4 is 27.9 Å². The molecular formula is C24H33NO10S. The Kier molecular flexibility index (Phi) is 11.1. The van der Waals surface area contributed by atoms with E-state index in [1.165, 1.54) is 43.5 Å². The summed E-state index contributed by atoms with van der Waals surface area (Å²) in [5, 5.41) is 20.4. The highest BCUT2D eigenvalue weighted by molar-refractivity contribution is 7.88. The maximum absolute atomic E-state index is 13.2. The third-order valence-electron chi connectivity index (χ3n) is 5.31. The van der Waals surface area contributed by atoms with Gasteiger partial charge in [0.2, 0.25) is 10.0 Å². The summed E-state index contributed by atoms with van der Waals surface area (Å²) in [6, 6.07) is 2.99. The molecule has 1 aliphatic heterocycles. The standard InChI is InChI=1S/C24H33NO10S/c1-15-8-9-20(27)23(28)19(26)7-5-6-17-12-18(33-11-10-25-36(4,30)31)13-21(34-14-32-3)22(17)24(29)35-16(15)2/h5-6,8-9,12-13,15-16,19,23,25-26,28H,7,10-11,14H2,1-4H3/b6-5?,9-8-/t15-,16+,19?,23?/m1/s1. The molecule has 2 unspecified atom stereocenters. The second kappa shape index (κ2) is 13.5. The summed E-state index contributed by atoms with van der Waals surface area (Å²) in [5.74, 6) is -1.35. The van der Waals surface area contributed by atoms with Crippen LogP contribution in [0.25, 0.3) is 6.08 Å². The number of ketones is 1. The molecule has 4 atom stereocenters. The Morgan fingerprint density at radius 2 is 1.86 bits per heavy atom. The smallest absolute Gasteiger partial charge is 0.342 e. The number of carbonyl (C=O) groups excluding carboxylic acids is 2. The van der Waals surface area contributed by atoms with Gasteiger partial charge in [-0.3, -0.25) is 4.79 Å². The van der Waals surface area contributed by atoms with Crippen molar-refractivity contribution < 1.29 is 47.2 Å². The molecule has 0 fully saturated rings. The highest BCUT2D eigenvalue weighted by atomic mass is 32.2. The van der Waals surface area contributed by atoms with E-state index in [1.54, 1.807) is 13.8 Å². The average molecular weight is 528 g/mol. The second-order valence-electron chi connectivity index (χ2n) is 8.33. The maximum Gasteiger partial charge on any atom is 0.342 e. The number of cyclic esters (lactones) is 1. The number of rotatable bonds is 8. The molecule has 0 amide bonds. The molecule has 200 valence electrons. The minimum atomic E-state index is -3.39. The number of carbonyl (C=O) groups is 2. The van der Waals surface area contributed by atoms with E-state index >= 15 is 0 Å². The molecule has 0 radical (unpaired) electrons. The molecule has 1 heterocycles. The Morgan fingerprint density at radius 1 is 1.14 bits per heavy atom. The lowest BCUT2D eigenvalue weighted by Crippen LogP contribution is -2.32. The Hall–Kier alpha value is -2.77. The third-order valence-corrected chi connectivity index (χ3v) is 6.03. The van der Waals surface area contributed by atoms with Crippen LogP contribution in [0.4, 0.5) is 0 Å². The van der Waals surface area contributed by atoms with E-state index in [9.17, 15) is 28.2 Å². The Morgan fingerprint density at radius 3 is 2.53 bits per heavy atom. The molecule has 2 rings (SSSR count). The van der Waals surface area contributed by atoms with Gasteiger partial charge in [-0.05, 0) is 31.1 Å². The average Bonchev–Trinajstić information content (AvgIpc) is 2.81. The first-order valence-electron chi connectivity index (χ1n) is 11.3. The predicted molar refractivity (Wildman–Crippen MR) is 131 cm³/mol. The number of sulfonamides is 1. The molecule has 0 bridgehead atoms. The zero-order valence-corrected chi connectivity index (χ0v) is 21.5. The molecule has 0 saturated carbocycles. The minimum absolute atomic E-state index is 0.00234. The van der Waals surface area contributed by atoms with Crippen LogP contribution in [0.1, 0.15) is 36.2 Å². The number of ether oxygens (including phenoxy) is 4. The van der Waals surface area contributed by atoms with E-state index in [2.05, 4.69) is 4.72 Å². The zero-order valence-electron chi connectivity index (χ0n) is 20.7. The van der Waals surface area contributed by atoms with Gasteiger partial charge >= 0.3 is 5.97 Å². The number of hydrogen-bond acceptors (Lipinski definition) is 10. The van der Waals surface area contributed by atoms with Gasteiger partial charge in [0.25, 0.3) is 0 Å². The van der Waals surface area contributed by atoms with Crippen LogP contribution in [-0.2, 0) is 24.3 Å². The van der Waals surface area contributed by atoms with Crippen LogP contribution in [0.5, 0.6) is 11.5 Å². The van der Waals surface area contributed by atoms with Crippen molar-refractivity contribution in [3.63, 3.8) is 0 Å². The first-order valence-corrected chi connectivity index (χ1v) is 13.1. The monoisotopic (exact) mass is 527 g/mol. The van der Waals surface area contributed by atoms with Crippen LogP contribution in [0, 0.1) is 5.92 Å². The zero-order chi connectivity index (χ0) is 26.9. The van der Waals surface area contributed by atoms with Crippen LogP contribution in [0.3, 0.4) is 0 Å². The van der Waals surface area contributed by atoms with Crippen molar-refractivity contribution in [3.05, 3.63) is 41.5 Å². The molecule has 36 heavy (non-hydrogen) atoms. The van der Waals surface area contributed by atoms with Gasteiger partial charge in [-0.1, -0.05) is 25.2 Å². The highest BCUT2D eigenvalue weighted by Gasteiger charge is 2.26. The molecular weight excluding hydrogens is 494 g/mol. The summed E-state index contributed by atoms with van der Waals surface area (Å²) in [5.41, 5.74) is 0.399. The van der Waals surface area contributed by atoms with Crippen LogP contribution < -0.4 is 14.2 Å². The fraction of sp³-hybridized carbons (Fsp3) is 0.500. The van der Waals surface area contributed by atoms with Crippen molar-refractivity contribution in [2.75, 3.05) is 33.3 Å². The lowest BCUT2D eigenvalue weighted by atomic mass is 9.99. The van der Waals surface area contributed by atoms with Crippen LogP contribution in [0.15, 0.2) is 30.4 Å². The molecule has 3 N–H and O–H groups in total. The Bertz CT molecular complexity index is 1080. The van der Waals surface area contributed by atoms with Crippen LogP contribution in [0.2, 0.25) is 0 Å². The van der Waals surface area contributed by atoms with E-state index in [0.29, 0.717) is 5.56 Å². The summed E-state index contributed by atoms with van der Waals surface area (Å²) < 4.78 is 46.7.